The molecular formula is C14H24N2O. The number of aryl methyl sites for hydroxylation is 1. The van der Waals surface area contributed by atoms with Crippen molar-refractivity contribution in [1.29, 1.82) is 0 Å². The molecule has 17 heavy (non-hydrogen) atoms. The van der Waals surface area contributed by atoms with Crippen LogP contribution in [0.25, 0.3) is 0 Å². The highest BCUT2D eigenvalue weighted by molar-refractivity contribution is 5.50. The topological polar surface area (TPSA) is 24.5 Å². The number of nitrogens with one attached hydrogen (secondary N) is 1. The minimum atomic E-state index is 0.843. The zero-order valence-electron chi connectivity index (χ0n) is 11.2. The molecule has 0 saturated carbocycles. The van der Waals surface area contributed by atoms with E-state index >= 15 is 0 Å². The van der Waals surface area contributed by atoms with Crippen molar-refractivity contribution in [3.05, 3.63) is 29.8 Å². The molecule has 0 aliphatic rings. The summed E-state index contributed by atoms with van der Waals surface area (Å²) in [6.07, 6.45) is 1.09. The molecule has 0 aromatic heterocycles. The fraction of sp³-hybridized carbons (Fsp3) is 0.571. The number of methoxy groups -OCH3 is 1. The molecule has 0 aliphatic heterocycles. The molecular weight excluding hydrogens is 212 g/mol. The van der Waals surface area contributed by atoms with Gasteiger partial charge in [-0.3, -0.25) is 0 Å². The van der Waals surface area contributed by atoms with Gasteiger partial charge in [-0.25, -0.2) is 0 Å². The van der Waals surface area contributed by atoms with Crippen LogP contribution < -0.4 is 5.32 Å². The van der Waals surface area contributed by atoms with Crippen LogP contribution in [0.2, 0.25) is 0 Å². The van der Waals surface area contributed by atoms with Crippen LogP contribution in [0.5, 0.6) is 0 Å². The van der Waals surface area contributed by atoms with Gasteiger partial charge in [-0.1, -0.05) is 18.2 Å². The van der Waals surface area contributed by atoms with E-state index < -0.39 is 0 Å². The van der Waals surface area contributed by atoms with Gasteiger partial charge in [-0.05, 0) is 32.0 Å². The van der Waals surface area contributed by atoms with Gasteiger partial charge in [0.05, 0.1) is 0 Å². The van der Waals surface area contributed by atoms with Gasteiger partial charge >= 0.3 is 0 Å². The van der Waals surface area contributed by atoms with Crippen molar-refractivity contribution < 1.29 is 4.74 Å². The minimum absolute atomic E-state index is 0.843. The molecule has 0 amide bonds. The second kappa shape index (κ2) is 8.09. The molecule has 3 nitrogen and oxygen atoms in total. The van der Waals surface area contributed by atoms with Crippen molar-refractivity contribution in [1.82, 2.24) is 4.90 Å². The van der Waals surface area contributed by atoms with Crippen molar-refractivity contribution in [3.8, 4) is 0 Å². The standard InChI is InChI=1S/C14H24N2O/c1-13-7-4-5-8-14(13)15-9-11-16(2)10-6-12-17-3/h4-5,7-8,15H,6,9-12H2,1-3H3. The van der Waals surface area contributed by atoms with Crippen molar-refractivity contribution in [2.24, 2.45) is 0 Å². The first-order valence-corrected chi connectivity index (χ1v) is 6.21. The number of hydrogen-bond donors (Lipinski definition) is 1. The van der Waals surface area contributed by atoms with Crippen molar-refractivity contribution in [2.75, 3.05) is 45.7 Å². The summed E-state index contributed by atoms with van der Waals surface area (Å²) in [7, 11) is 3.90. The van der Waals surface area contributed by atoms with E-state index in [2.05, 4.69) is 48.5 Å². The van der Waals surface area contributed by atoms with Gasteiger partial charge in [-0.15, -0.1) is 0 Å². The highest BCUT2D eigenvalue weighted by Crippen LogP contribution is 2.12. The fourth-order valence-corrected chi connectivity index (χ4v) is 1.74. The van der Waals surface area contributed by atoms with Crippen molar-refractivity contribution in [2.45, 2.75) is 13.3 Å². The Kier molecular flexibility index (Phi) is 6.67. The quantitative estimate of drug-likeness (QED) is 0.701. The molecule has 1 rings (SSSR count). The van der Waals surface area contributed by atoms with Gasteiger partial charge in [0.2, 0.25) is 0 Å². The number of benzene rings is 1. The molecule has 3 heteroatoms. The number of likely N-dealkylation sites (N-methyl/N-ethyl adjacent to an activating group) is 1. The van der Waals surface area contributed by atoms with E-state index in [0.717, 1.165) is 32.7 Å². The molecule has 1 aromatic rings. The van der Waals surface area contributed by atoms with Gasteiger partial charge in [-0.2, -0.15) is 0 Å². The van der Waals surface area contributed by atoms with Crippen LogP contribution in [0.15, 0.2) is 24.3 Å². The first-order chi connectivity index (χ1) is 8.24. The lowest BCUT2D eigenvalue weighted by molar-refractivity contribution is 0.180. The Morgan fingerprint density at radius 2 is 2.00 bits per heavy atom. The summed E-state index contributed by atoms with van der Waals surface area (Å²) in [4.78, 5) is 2.32. The smallest absolute Gasteiger partial charge is 0.0474 e. The number of rotatable bonds is 8. The highest BCUT2D eigenvalue weighted by atomic mass is 16.5. The molecule has 0 heterocycles. The van der Waals surface area contributed by atoms with Crippen LogP contribution in [0.3, 0.4) is 0 Å². The first kappa shape index (κ1) is 14.0. The Bertz CT molecular complexity index is 315. The lowest BCUT2D eigenvalue weighted by atomic mass is 10.2. The second-order valence-corrected chi connectivity index (χ2v) is 4.39. The lowest BCUT2D eigenvalue weighted by Crippen LogP contribution is -2.26. The number of para-hydroxylation sites is 1. The van der Waals surface area contributed by atoms with Gasteiger partial charge in [0.15, 0.2) is 0 Å². The van der Waals surface area contributed by atoms with Gasteiger partial charge in [0.25, 0.3) is 0 Å². The Morgan fingerprint density at radius 3 is 2.71 bits per heavy atom. The predicted octanol–water partition coefficient (Wildman–Crippen LogP) is 2.38. The van der Waals surface area contributed by atoms with Gasteiger partial charge in [0, 0.05) is 39.0 Å². The predicted molar refractivity (Wildman–Crippen MR) is 73.7 cm³/mol. The SMILES string of the molecule is COCCCN(C)CCNc1ccccc1C. The van der Waals surface area contributed by atoms with Crippen LogP contribution in [-0.4, -0.2) is 45.3 Å². The number of hydrogen-bond acceptors (Lipinski definition) is 3. The summed E-state index contributed by atoms with van der Waals surface area (Å²) in [6.45, 7) is 6.09. The van der Waals surface area contributed by atoms with Gasteiger partial charge in [0.1, 0.15) is 0 Å². The van der Waals surface area contributed by atoms with Crippen LogP contribution in [0, 0.1) is 6.92 Å². The van der Waals surface area contributed by atoms with E-state index in [1.807, 2.05) is 0 Å². The summed E-state index contributed by atoms with van der Waals surface area (Å²) >= 11 is 0. The zero-order chi connectivity index (χ0) is 12.5. The normalized spacial score (nSPS) is 10.8. The largest absolute Gasteiger partial charge is 0.385 e. The highest BCUT2D eigenvalue weighted by Gasteiger charge is 1.99. The van der Waals surface area contributed by atoms with E-state index in [1.54, 1.807) is 7.11 Å². The lowest BCUT2D eigenvalue weighted by Gasteiger charge is -2.17. The van der Waals surface area contributed by atoms with E-state index in [-0.39, 0.29) is 0 Å². The van der Waals surface area contributed by atoms with Crippen LogP contribution in [0.4, 0.5) is 5.69 Å². The Hall–Kier alpha value is -1.06. The molecule has 0 spiro atoms. The average Bonchev–Trinajstić information content (AvgIpc) is 2.32. The van der Waals surface area contributed by atoms with Gasteiger partial charge < -0.3 is 15.0 Å². The number of nitrogens with zero attached hydrogens (tertiary/aromatic N) is 1. The summed E-state index contributed by atoms with van der Waals surface area (Å²) in [5.41, 5.74) is 2.53. The van der Waals surface area contributed by atoms with Crippen molar-refractivity contribution in [3.63, 3.8) is 0 Å². The second-order valence-electron chi connectivity index (χ2n) is 4.39. The molecule has 96 valence electrons. The van der Waals surface area contributed by atoms with E-state index in [1.165, 1.54) is 11.3 Å². The zero-order valence-corrected chi connectivity index (χ0v) is 11.2. The van der Waals surface area contributed by atoms with Crippen LogP contribution in [-0.2, 0) is 4.74 Å². The number of ether oxygens (including phenoxy) is 1. The third kappa shape index (κ3) is 5.71. The Morgan fingerprint density at radius 1 is 1.24 bits per heavy atom. The Balaban J connectivity index is 2.17. The first-order valence-electron chi connectivity index (χ1n) is 6.21. The molecule has 1 N–H and O–H groups in total. The maximum atomic E-state index is 5.04. The molecule has 0 unspecified atom stereocenters. The van der Waals surface area contributed by atoms with E-state index in [4.69, 9.17) is 4.74 Å². The third-order valence-corrected chi connectivity index (χ3v) is 2.84. The molecule has 0 fully saturated rings. The number of anilines is 1. The summed E-state index contributed by atoms with van der Waals surface area (Å²) < 4.78 is 5.04. The monoisotopic (exact) mass is 236 g/mol. The molecule has 0 atom stereocenters. The van der Waals surface area contributed by atoms with Crippen LogP contribution >= 0.6 is 0 Å². The molecule has 0 saturated heterocycles. The maximum absolute atomic E-state index is 5.04. The molecule has 0 radical (unpaired) electrons. The maximum Gasteiger partial charge on any atom is 0.0474 e. The fourth-order valence-electron chi connectivity index (χ4n) is 1.74. The average molecular weight is 236 g/mol. The summed E-state index contributed by atoms with van der Waals surface area (Å²) in [6, 6.07) is 8.39. The molecule has 0 bridgehead atoms. The summed E-state index contributed by atoms with van der Waals surface area (Å²) in [5.74, 6) is 0. The third-order valence-electron chi connectivity index (χ3n) is 2.84. The van der Waals surface area contributed by atoms with E-state index in [0.29, 0.717) is 0 Å². The van der Waals surface area contributed by atoms with E-state index in [9.17, 15) is 0 Å². The van der Waals surface area contributed by atoms with Crippen molar-refractivity contribution >= 4 is 5.69 Å². The Labute approximate surface area is 105 Å². The molecule has 1 aromatic carbocycles. The minimum Gasteiger partial charge on any atom is -0.385 e. The summed E-state index contributed by atoms with van der Waals surface area (Å²) in [5, 5.41) is 3.46. The van der Waals surface area contributed by atoms with Crippen LogP contribution in [0.1, 0.15) is 12.0 Å². The molecule has 0 aliphatic carbocycles.